The van der Waals surface area contributed by atoms with Crippen LogP contribution in [0.25, 0.3) is 23.3 Å². The van der Waals surface area contributed by atoms with E-state index >= 15 is 0 Å². The van der Waals surface area contributed by atoms with E-state index in [4.69, 9.17) is 4.74 Å². The Kier molecular flexibility index (Phi) is 7.44. The monoisotopic (exact) mass is 497 g/mol. The summed E-state index contributed by atoms with van der Waals surface area (Å²) < 4.78 is 19.2. The smallest absolute Gasteiger partial charge is 0.336 e. The molecule has 1 N–H and O–H groups in total. The summed E-state index contributed by atoms with van der Waals surface area (Å²) in [7, 11) is 0. The number of hydrogen-bond donors (Lipinski definition) is 1. The Labute approximate surface area is 213 Å². The third-order valence-corrected chi connectivity index (χ3v) is 5.86. The summed E-state index contributed by atoms with van der Waals surface area (Å²) in [5.41, 5.74) is 3.14. The van der Waals surface area contributed by atoms with Gasteiger partial charge in [0.1, 0.15) is 11.6 Å². The van der Waals surface area contributed by atoms with Crippen LogP contribution < -0.4 is 4.74 Å². The van der Waals surface area contributed by atoms with Crippen LogP contribution in [0.3, 0.4) is 0 Å². The Morgan fingerprint density at radius 1 is 0.919 bits per heavy atom. The molecule has 0 saturated carbocycles. The number of nitro benzene ring substituents is 1. The minimum Gasteiger partial charge on any atom is -0.478 e. The molecular weight excluding hydrogens is 473 g/mol. The summed E-state index contributed by atoms with van der Waals surface area (Å²) in [6.07, 6.45) is 3.19. The second-order valence-electron chi connectivity index (χ2n) is 8.73. The van der Waals surface area contributed by atoms with Crippen LogP contribution >= 0.6 is 0 Å². The van der Waals surface area contributed by atoms with E-state index in [9.17, 15) is 24.4 Å². The van der Waals surface area contributed by atoms with Crippen LogP contribution in [0.5, 0.6) is 11.5 Å². The first-order valence-electron chi connectivity index (χ1n) is 11.6. The highest BCUT2D eigenvalue weighted by Crippen LogP contribution is 2.36. The van der Waals surface area contributed by atoms with Crippen molar-refractivity contribution in [3.63, 3.8) is 0 Å². The lowest BCUT2D eigenvalue weighted by Gasteiger charge is -2.13. The maximum absolute atomic E-state index is 13.3. The number of carboxylic acid groups (broad SMARTS) is 1. The molecule has 0 radical (unpaired) electrons. The van der Waals surface area contributed by atoms with E-state index in [0.717, 1.165) is 11.1 Å². The van der Waals surface area contributed by atoms with Gasteiger partial charge in [-0.25, -0.2) is 9.18 Å². The molecule has 4 aromatic carbocycles. The van der Waals surface area contributed by atoms with Gasteiger partial charge < -0.3 is 9.84 Å². The van der Waals surface area contributed by atoms with E-state index in [1.165, 1.54) is 30.3 Å². The molecule has 4 rings (SSSR count). The number of ether oxygens (including phenoxy) is 1. The molecule has 0 fully saturated rings. The van der Waals surface area contributed by atoms with Crippen molar-refractivity contribution in [2.75, 3.05) is 0 Å². The van der Waals surface area contributed by atoms with E-state index in [1.54, 1.807) is 48.6 Å². The van der Waals surface area contributed by atoms with Crippen molar-refractivity contribution in [2.45, 2.75) is 19.8 Å². The van der Waals surface area contributed by atoms with Crippen LogP contribution in [0.2, 0.25) is 0 Å². The van der Waals surface area contributed by atoms with E-state index in [-0.39, 0.29) is 28.7 Å². The van der Waals surface area contributed by atoms with Gasteiger partial charge in [0.05, 0.1) is 10.5 Å². The van der Waals surface area contributed by atoms with Crippen molar-refractivity contribution in [2.24, 2.45) is 0 Å². The SMILES string of the molecule is CC(C)c1ccccc1Oc1ccc(/C=C/c2cc(-c3ccc(F)cc3)ccc2C(=O)O)cc1[N+](=O)[O-]. The fourth-order valence-corrected chi connectivity index (χ4v) is 3.94. The summed E-state index contributed by atoms with van der Waals surface area (Å²) >= 11 is 0. The average Bonchev–Trinajstić information content (AvgIpc) is 2.88. The highest BCUT2D eigenvalue weighted by atomic mass is 19.1. The summed E-state index contributed by atoms with van der Waals surface area (Å²) in [6, 6.07) is 22.7. The number of nitrogens with zero attached hydrogens (tertiary/aromatic N) is 1. The van der Waals surface area contributed by atoms with Crippen LogP contribution in [0, 0.1) is 15.9 Å². The van der Waals surface area contributed by atoms with Gasteiger partial charge in [-0.1, -0.05) is 68.5 Å². The Bertz CT molecular complexity index is 1490. The summed E-state index contributed by atoms with van der Waals surface area (Å²) in [4.78, 5) is 23.1. The molecule has 0 heterocycles. The van der Waals surface area contributed by atoms with Gasteiger partial charge in [-0.05, 0) is 70.1 Å². The molecule has 4 aromatic rings. The lowest BCUT2D eigenvalue weighted by molar-refractivity contribution is -0.385. The fourth-order valence-electron chi connectivity index (χ4n) is 3.94. The van der Waals surface area contributed by atoms with Crippen molar-refractivity contribution in [3.05, 3.63) is 123 Å². The van der Waals surface area contributed by atoms with Crippen molar-refractivity contribution < 1.29 is 24.0 Å². The van der Waals surface area contributed by atoms with Crippen molar-refractivity contribution in [1.82, 2.24) is 0 Å². The van der Waals surface area contributed by atoms with Crippen molar-refractivity contribution in [3.8, 4) is 22.6 Å². The van der Waals surface area contributed by atoms with Crippen LogP contribution in [-0.2, 0) is 0 Å². The zero-order valence-electron chi connectivity index (χ0n) is 20.2. The lowest BCUT2D eigenvalue weighted by atomic mass is 9.98. The Morgan fingerprint density at radius 2 is 1.62 bits per heavy atom. The highest BCUT2D eigenvalue weighted by molar-refractivity contribution is 5.94. The number of benzene rings is 4. The number of halogens is 1. The maximum Gasteiger partial charge on any atom is 0.336 e. The molecule has 0 aliphatic rings. The van der Waals surface area contributed by atoms with E-state index in [2.05, 4.69) is 0 Å². The summed E-state index contributed by atoms with van der Waals surface area (Å²) in [6.45, 7) is 4.03. The number of para-hydroxylation sites is 1. The average molecular weight is 498 g/mol. The van der Waals surface area contributed by atoms with Crippen LogP contribution in [-0.4, -0.2) is 16.0 Å². The van der Waals surface area contributed by atoms with Gasteiger partial charge in [0.2, 0.25) is 5.75 Å². The molecule has 37 heavy (non-hydrogen) atoms. The highest BCUT2D eigenvalue weighted by Gasteiger charge is 2.18. The minimum absolute atomic E-state index is 0.0712. The van der Waals surface area contributed by atoms with Gasteiger partial charge in [0.15, 0.2) is 0 Å². The zero-order valence-corrected chi connectivity index (χ0v) is 20.2. The van der Waals surface area contributed by atoms with Gasteiger partial charge >= 0.3 is 11.7 Å². The quantitative estimate of drug-likeness (QED) is 0.151. The van der Waals surface area contributed by atoms with Crippen molar-refractivity contribution in [1.29, 1.82) is 0 Å². The third kappa shape index (κ3) is 5.90. The molecule has 0 aliphatic heterocycles. The molecule has 0 aromatic heterocycles. The summed E-state index contributed by atoms with van der Waals surface area (Å²) in [5, 5.41) is 21.4. The minimum atomic E-state index is -1.11. The number of hydrogen-bond acceptors (Lipinski definition) is 4. The van der Waals surface area contributed by atoms with Crippen molar-refractivity contribution >= 4 is 23.8 Å². The molecule has 186 valence electrons. The summed E-state index contributed by atoms with van der Waals surface area (Å²) in [5.74, 6) is -0.643. The number of rotatable bonds is 8. The van der Waals surface area contributed by atoms with Gasteiger partial charge in [-0.15, -0.1) is 0 Å². The number of aromatic carboxylic acids is 1. The maximum atomic E-state index is 13.3. The van der Waals surface area contributed by atoms with Crippen LogP contribution in [0.1, 0.15) is 46.8 Å². The molecule has 7 heteroatoms. The normalized spacial score (nSPS) is 11.1. The van der Waals surface area contributed by atoms with Gasteiger partial charge in [0, 0.05) is 6.07 Å². The molecule has 6 nitrogen and oxygen atoms in total. The fraction of sp³-hybridized carbons (Fsp3) is 0.100. The van der Waals surface area contributed by atoms with E-state index in [1.807, 2.05) is 32.0 Å². The molecule has 0 atom stereocenters. The molecule has 0 aliphatic carbocycles. The number of nitro groups is 1. The second-order valence-corrected chi connectivity index (χ2v) is 8.73. The predicted molar refractivity (Wildman–Crippen MR) is 141 cm³/mol. The zero-order chi connectivity index (χ0) is 26.5. The molecule has 0 amide bonds. The Hall–Kier alpha value is -4.78. The second kappa shape index (κ2) is 10.9. The molecule has 0 spiro atoms. The topological polar surface area (TPSA) is 89.7 Å². The number of carbonyl (C=O) groups is 1. The third-order valence-electron chi connectivity index (χ3n) is 5.86. The first-order chi connectivity index (χ1) is 17.7. The van der Waals surface area contributed by atoms with Gasteiger partial charge in [0.25, 0.3) is 0 Å². The number of carboxylic acids is 1. The molecular formula is C30H24FNO5. The first-order valence-corrected chi connectivity index (χ1v) is 11.6. The largest absolute Gasteiger partial charge is 0.478 e. The molecule has 0 bridgehead atoms. The Balaban J connectivity index is 1.68. The van der Waals surface area contributed by atoms with E-state index in [0.29, 0.717) is 22.4 Å². The first kappa shape index (κ1) is 25.3. The van der Waals surface area contributed by atoms with Gasteiger partial charge in [-0.3, -0.25) is 10.1 Å². The molecule has 0 unspecified atom stereocenters. The van der Waals surface area contributed by atoms with Crippen LogP contribution in [0.4, 0.5) is 10.1 Å². The van der Waals surface area contributed by atoms with Crippen LogP contribution in [0.15, 0.2) is 84.9 Å². The standard InChI is InChI=1S/C30H24FNO5/c1-19(2)25-5-3-4-6-28(25)37-29-16-8-20(17-27(29)32(35)36)7-9-23-18-22(12-15-26(23)30(33)34)21-10-13-24(31)14-11-21/h3-19H,1-2H3,(H,33,34)/b9-7+. The van der Waals surface area contributed by atoms with Gasteiger partial charge in [-0.2, -0.15) is 0 Å². The van der Waals surface area contributed by atoms with E-state index < -0.39 is 10.9 Å². The predicted octanol–water partition coefficient (Wildman–Crippen LogP) is 8.19. The Morgan fingerprint density at radius 3 is 2.30 bits per heavy atom. The molecule has 0 saturated heterocycles. The lowest BCUT2D eigenvalue weighted by Crippen LogP contribution is -1.99.